The molecule has 3 N–H and O–H groups in total. The number of pyridine rings is 1. The lowest BCUT2D eigenvalue weighted by Crippen LogP contribution is -2.33. The number of nitrogens with one attached hydrogen (secondary N) is 1. The van der Waals surface area contributed by atoms with Gasteiger partial charge in [0.15, 0.2) is 0 Å². The van der Waals surface area contributed by atoms with Crippen LogP contribution in [0.2, 0.25) is 0 Å². The van der Waals surface area contributed by atoms with Crippen LogP contribution in [0.15, 0.2) is 42.6 Å². The second-order valence-electron chi connectivity index (χ2n) is 6.00. The molecule has 3 rings (SSSR count). The molecular formula is C18H23N3. The third kappa shape index (κ3) is 2.54. The van der Waals surface area contributed by atoms with Crippen molar-refractivity contribution >= 4 is 5.82 Å². The summed E-state index contributed by atoms with van der Waals surface area (Å²) in [4.78, 5) is 4.35. The number of anilines is 1. The summed E-state index contributed by atoms with van der Waals surface area (Å²) in [5.41, 5.74) is 10.0. The molecule has 1 fully saturated rings. The molecule has 1 atom stereocenters. The van der Waals surface area contributed by atoms with Crippen molar-refractivity contribution in [3.8, 4) is 0 Å². The maximum absolute atomic E-state index is 6.17. The molecule has 0 radical (unpaired) electrons. The number of rotatable bonds is 5. The van der Waals surface area contributed by atoms with Gasteiger partial charge in [0, 0.05) is 23.2 Å². The minimum Gasteiger partial charge on any atom is -0.383 e. The molecule has 1 aromatic heterocycles. The Balaban J connectivity index is 2.04. The number of nitrogens with zero attached hydrogens (tertiary/aromatic N) is 1. The first kappa shape index (κ1) is 14.1. The van der Waals surface area contributed by atoms with Gasteiger partial charge in [0.25, 0.3) is 0 Å². The average molecular weight is 281 g/mol. The Kier molecular flexibility index (Phi) is 3.68. The number of nitrogen functional groups attached to an aromatic ring is 1. The van der Waals surface area contributed by atoms with Crippen LogP contribution in [0.25, 0.3) is 0 Å². The van der Waals surface area contributed by atoms with E-state index in [4.69, 9.17) is 5.73 Å². The average Bonchev–Trinajstić information content (AvgIpc) is 3.30. The lowest BCUT2D eigenvalue weighted by Gasteiger charge is -2.29. The number of nitrogens with two attached hydrogens (primary N) is 1. The monoisotopic (exact) mass is 281 g/mol. The fourth-order valence-electron chi connectivity index (χ4n) is 3.29. The van der Waals surface area contributed by atoms with Gasteiger partial charge < -0.3 is 11.1 Å². The molecule has 0 spiro atoms. The lowest BCUT2D eigenvalue weighted by atomic mass is 9.83. The largest absolute Gasteiger partial charge is 0.383 e. The zero-order valence-electron chi connectivity index (χ0n) is 12.8. The van der Waals surface area contributed by atoms with Crippen molar-refractivity contribution in [1.82, 2.24) is 10.3 Å². The maximum atomic E-state index is 6.17. The summed E-state index contributed by atoms with van der Waals surface area (Å²) in [6.45, 7) is 5.14. The van der Waals surface area contributed by atoms with Gasteiger partial charge in [-0.1, -0.05) is 37.3 Å². The Labute approximate surface area is 126 Å². The van der Waals surface area contributed by atoms with E-state index >= 15 is 0 Å². The van der Waals surface area contributed by atoms with Crippen molar-refractivity contribution in [3.63, 3.8) is 0 Å². The summed E-state index contributed by atoms with van der Waals surface area (Å²) in [5, 5.41) is 3.65. The molecular weight excluding hydrogens is 258 g/mol. The van der Waals surface area contributed by atoms with Crippen molar-refractivity contribution in [2.75, 3.05) is 12.3 Å². The first-order valence-electron chi connectivity index (χ1n) is 7.68. The van der Waals surface area contributed by atoms with Crippen LogP contribution in [0.3, 0.4) is 0 Å². The molecule has 110 valence electrons. The zero-order valence-corrected chi connectivity index (χ0v) is 12.8. The summed E-state index contributed by atoms with van der Waals surface area (Å²) in [6, 6.07) is 13.2. The van der Waals surface area contributed by atoms with Crippen LogP contribution in [0.1, 0.15) is 42.5 Å². The quantitative estimate of drug-likeness (QED) is 0.883. The standard InChI is InChI=1S/C18H23N3/c1-3-20-16(15-11-13(2)12-21-17(15)19)18(9-10-18)14-7-5-4-6-8-14/h4-8,11-12,16,20H,3,9-10H2,1-2H3,(H2,19,21). The van der Waals surface area contributed by atoms with Crippen molar-refractivity contribution in [1.29, 1.82) is 0 Å². The molecule has 0 bridgehead atoms. The van der Waals surface area contributed by atoms with E-state index in [2.05, 4.69) is 60.5 Å². The molecule has 0 saturated heterocycles. The SMILES string of the molecule is CCNC(c1cc(C)cnc1N)C1(c2ccccc2)CC1. The smallest absolute Gasteiger partial charge is 0.128 e. The number of hydrogen-bond acceptors (Lipinski definition) is 3. The van der Waals surface area contributed by atoms with Gasteiger partial charge in [0.2, 0.25) is 0 Å². The van der Waals surface area contributed by atoms with Crippen LogP contribution in [0.5, 0.6) is 0 Å². The van der Waals surface area contributed by atoms with Crippen LogP contribution in [-0.4, -0.2) is 11.5 Å². The third-order valence-corrected chi connectivity index (χ3v) is 4.50. The normalized spacial score (nSPS) is 17.4. The van der Waals surface area contributed by atoms with Gasteiger partial charge in [-0.3, -0.25) is 0 Å². The number of likely N-dealkylation sites (N-methyl/N-ethyl adjacent to an activating group) is 1. The molecule has 3 heteroatoms. The van der Waals surface area contributed by atoms with Gasteiger partial charge in [-0.15, -0.1) is 0 Å². The molecule has 1 unspecified atom stereocenters. The van der Waals surface area contributed by atoms with Gasteiger partial charge in [-0.05, 0) is 43.5 Å². The highest BCUT2D eigenvalue weighted by molar-refractivity contribution is 5.48. The van der Waals surface area contributed by atoms with Gasteiger partial charge in [0.05, 0.1) is 0 Å². The van der Waals surface area contributed by atoms with Gasteiger partial charge >= 0.3 is 0 Å². The van der Waals surface area contributed by atoms with Crippen LogP contribution in [0.4, 0.5) is 5.82 Å². The Morgan fingerprint density at radius 1 is 1.29 bits per heavy atom. The van der Waals surface area contributed by atoms with E-state index in [-0.39, 0.29) is 11.5 Å². The zero-order chi connectivity index (χ0) is 14.9. The molecule has 21 heavy (non-hydrogen) atoms. The summed E-state index contributed by atoms with van der Waals surface area (Å²) in [5.74, 6) is 0.647. The number of hydrogen-bond donors (Lipinski definition) is 2. The fraction of sp³-hybridized carbons (Fsp3) is 0.389. The number of aromatic nitrogens is 1. The molecule has 0 amide bonds. The topological polar surface area (TPSA) is 50.9 Å². The maximum Gasteiger partial charge on any atom is 0.128 e. The first-order chi connectivity index (χ1) is 10.2. The lowest BCUT2D eigenvalue weighted by molar-refractivity contribution is 0.439. The van der Waals surface area contributed by atoms with Crippen LogP contribution < -0.4 is 11.1 Å². The minimum absolute atomic E-state index is 0.168. The van der Waals surface area contributed by atoms with E-state index in [9.17, 15) is 0 Å². The van der Waals surface area contributed by atoms with E-state index in [0.717, 1.165) is 17.7 Å². The summed E-state index contributed by atoms with van der Waals surface area (Å²) in [7, 11) is 0. The highest BCUT2D eigenvalue weighted by atomic mass is 15.0. The number of aryl methyl sites for hydroxylation is 1. The highest BCUT2D eigenvalue weighted by Crippen LogP contribution is 2.57. The van der Waals surface area contributed by atoms with Crippen molar-refractivity contribution in [2.24, 2.45) is 0 Å². The molecule has 0 aliphatic heterocycles. The van der Waals surface area contributed by atoms with E-state index in [1.165, 1.54) is 18.4 Å². The van der Waals surface area contributed by atoms with Crippen LogP contribution in [0, 0.1) is 6.92 Å². The fourth-order valence-corrected chi connectivity index (χ4v) is 3.29. The van der Waals surface area contributed by atoms with Gasteiger partial charge in [-0.2, -0.15) is 0 Å². The predicted molar refractivity (Wildman–Crippen MR) is 87.2 cm³/mol. The van der Waals surface area contributed by atoms with Gasteiger partial charge in [-0.25, -0.2) is 4.98 Å². The Bertz CT molecular complexity index is 618. The second-order valence-corrected chi connectivity index (χ2v) is 6.00. The Morgan fingerprint density at radius 2 is 2.00 bits per heavy atom. The molecule has 1 aliphatic carbocycles. The molecule has 3 nitrogen and oxygen atoms in total. The molecule has 1 aromatic carbocycles. The second kappa shape index (κ2) is 5.49. The van der Waals surface area contributed by atoms with Crippen LogP contribution in [-0.2, 0) is 5.41 Å². The van der Waals surface area contributed by atoms with Crippen molar-refractivity contribution in [2.45, 2.75) is 38.1 Å². The van der Waals surface area contributed by atoms with Crippen molar-refractivity contribution < 1.29 is 0 Å². The van der Waals surface area contributed by atoms with E-state index < -0.39 is 0 Å². The minimum atomic E-state index is 0.168. The van der Waals surface area contributed by atoms with E-state index in [0.29, 0.717) is 5.82 Å². The van der Waals surface area contributed by atoms with Crippen LogP contribution >= 0.6 is 0 Å². The molecule has 1 heterocycles. The first-order valence-corrected chi connectivity index (χ1v) is 7.68. The molecule has 1 saturated carbocycles. The Hall–Kier alpha value is -1.87. The van der Waals surface area contributed by atoms with E-state index in [1.54, 1.807) is 0 Å². The van der Waals surface area contributed by atoms with E-state index in [1.807, 2.05) is 6.20 Å². The summed E-state index contributed by atoms with van der Waals surface area (Å²) in [6.07, 6.45) is 4.23. The summed E-state index contributed by atoms with van der Waals surface area (Å²) >= 11 is 0. The number of benzene rings is 1. The van der Waals surface area contributed by atoms with Gasteiger partial charge in [0.1, 0.15) is 5.82 Å². The highest BCUT2D eigenvalue weighted by Gasteiger charge is 2.51. The van der Waals surface area contributed by atoms with Crippen molar-refractivity contribution in [3.05, 3.63) is 59.3 Å². The molecule has 1 aliphatic rings. The third-order valence-electron chi connectivity index (χ3n) is 4.50. The Morgan fingerprint density at radius 3 is 2.62 bits per heavy atom. The predicted octanol–water partition coefficient (Wildman–Crippen LogP) is 3.35. The summed E-state index contributed by atoms with van der Waals surface area (Å²) < 4.78 is 0. The molecule has 2 aromatic rings.